The van der Waals surface area contributed by atoms with Gasteiger partial charge in [-0.25, -0.2) is 5.43 Å². The highest BCUT2D eigenvalue weighted by Crippen LogP contribution is 2.26. The van der Waals surface area contributed by atoms with Crippen LogP contribution in [0.4, 0.5) is 17.1 Å². The predicted molar refractivity (Wildman–Crippen MR) is 126 cm³/mol. The Morgan fingerprint density at radius 1 is 1.10 bits per heavy atom. The molecule has 0 aliphatic rings. The fraction of sp³-hybridized carbons (Fsp3) is 0.391. The van der Waals surface area contributed by atoms with E-state index in [-0.39, 0.29) is 18.1 Å². The number of benzene rings is 2. The van der Waals surface area contributed by atoms with Gasteiger partial charge in [0.1, 0.15) is 0 Å². The molecule has 2 N–H and O–H groups in total. The number of hydrogen-bond acceptors (Lipinski definition) is 6. The summed E-state index contributed by atoms with van der Waals surface area (Å²) in [5.41, 5.74) is 4.74. The number of hydrazone groups is 1. The average molecular weight is 426 g/mol. The molecule has 166 valence electrons. The van der Waals surface area contributed by atoms with Gasteiger partial charge in [0.2, 0.25) is 0 Å². The third-order valence-electron chi connectivity index (χ3n) is 4.35. The third kappa shape index (κ3) is 8.08. The van der Waals surface area contributed by atoms with Gasteiger partial charge in [-0.2, -0.15) is 5.10 Å². The average Bonchev–Trinajstić information content (AvgIpc) is 2.71. The second kappa shape index (κ2) is 11.7. The molecule has 0 saturated heterocycles. The van der Waals surface area contributed by atoms with E-state index in [1.54, 1.807) is 6.07 Å². The molecule has 0 atom stereocenters. The molecule has 8 nitrogen and oxygen atoms in total. The van der Waals surface area contributed by atoms with E-state index >= 15 is 0 Å². The van der Waals surface area contributed by atoms with Crippen molar-refractivity contribution in [2.45, 2.75) is 27.7 Å². The van der Waals surface area contributed by atoms with E-state index in [2.05, 4.69) is 48.4 Å². The summed E-state index contributed by atoms with van der Waals surface area (Å²) in [5, 5.41) is 18.3. The minimum absolute atomic E-state index is 0.0173. The zero-order valence-electron chi connectivity index (χ0n) is 18.5. The van der Waals surface area contributed by atoms with Gasteiger partial charge in [-0.1, -0.05) is 45.9 Å². The Morgan fingerprint density at radius 2 is 1.74 bits per heavy atom. The Bertz CT molecular complexity index is 887. The van der Waals surface area contributed by atoms with Crippen molar-refractivity contribution in [1.82, 2.24) is 5.43 Å². The molecular formula is C23H31N5O3. The number of rotatable bonds is 11. The van der Waals surface area contributed by atoms with Crippen LogP contribution in [0.15, 0.2) is 53.6 Å². The van der Waals surface area contributed by atoms with Crippen LogP contribution in [-0.4, -0.2) is 36.7 Å². The number of carbonyl (C=O) groups excluding carboxylic acids is 1. The Balaban J connectivity index is 2.16. The maximum atomic E-state index is 12.1. The van der Waals surface area contributed by atoms with E-state index in [0.717, 1.165) is 24.5 Å². The van der Waals surface area contributed by atoms with Crippen molar-refractivity contribution in [1.29, 1.82) is 0 Å². The highest BCUT2D eigenvalue weighted by Gasteiger charge is 2.17. The zero-order chi connectivity index (χ0) is 22.8. The molecule has 0 aromatic heterocycles. The van der Waals surface area contributed by atoms with Gasteiger partial charge in [-0.3, -0.25) is 14.9 Å². The number of amides is 1. The van der Waals surface area contributed by atoms with Crippen LogP contribution in [0.1, 0.15) is 33.3 Å². The van der Waals surface area contributed by atoms with Gasteiger partial charge >= 0.3 is 0 Å². The van der Waals surface area contributed by atoms with Crippen LogP contribution in [0.3, 0.4) is 0 Å². The maximum absolute atomic E-state index is 12.1. The van der Waals surface area contributed by atoms with Crippen LogP contribution < -0.4 is 15.6 Å². The fourth-order valence-corrected chi connectivity index (χ4v) is 3.15. The first-order chi connectivity index (χ1) is 14.8. The first-order valence-electron chi connectivity index (χ1n) is 10.4. The van der Waals surface area contributed by atoms with Crippen LogP contribution in [0, 0.1) is 22.0 Å². The highest BCUT2D eigenvalue weighted by molar-refractivity contribution is 5.90. The van der Waals surface area contributed by atoms with Gasteiger partial charge in [0, 0.05) is 42.2 Å². The minimum Gasteiger partial charge on any atom is -0.376 e. The molecule has 2 aromatic rings. The van der Waals surface area contributed by atoms with Crippen LogP contribution in [0.5, 0.6) is 0 Å². The normalized spacial score (nSPS) is 11.2. The molecule has 2 aromatic carbocycles. The minimum atomic E-state index is -0.432. The van der Waals surface area contributed by atoms with Crippen molar-refractivity contribution in [3.8, 4) is 0 Å². The summed E-state index contributed by atoms with van der Waals surface area (Å²) < 4.78 is 0. The number of hydrogen-bond donors (Lipinski definition) is 2. The van der Waals surface area contributed by atoms with Gasteiger partial charge in [0.15, 0.2) is 0 Å². The summed E-state index contributed by atoms with van der Waals surface area (Å²) in [6.07, 6.45) is 1.47. The number of non-ortho nitro benzene ring substituents is 1. The van der Waals surface area contributed by atoms with Gasteiger partial charge < -0.3 is 10.2 Å². The largest absolute Gasteiger partial charge is 0.376 e. The molecule has 0 aliphatic carbocycles. The monoisotopic (exact) mass is 425 g/mol. The molecule has 0 spiro atoms. The van der Waals surface area contributed by atoms with Crippen molar-refractivity contribution < 1.29 is 9.72 Å². The Kier molecular flexibility index (Phi) is 8.99. The highest BCUT2D eigenvalue weighted by atomic mass is 16.6. The second-order valence-electron chi connectivity index (χ2n) is 8.21. The van der Waals surface area contributed by atoms with E-state index in [0.29, 0.717) is 17.4 Å². The van der Waals surface area contributed by atoms with E-state index in [4.69, 9.17) is 0 Å². The second-order valence-corrected chi connectivity index (χ2v) is 8.21. The predicted octanol–water partition coefficient (Wildman–Crippen LogP) is 4.28. The van der Waals surface area contributed by atoms with Crippen molar-refractivity contribution in [2.24, 2.45) is 16.9 Å². The molecule has 0 saturated carbocycles. The first kappa shape index (κ1) is 23.9. The van der Waals surface area contributed by atoms with Crippen molar-refractivity contribution in [3.05, 3.63) is 64.2 Å². The molecule has 0 heterocycles. The molecule has 0 aliphatic heterocycles. The van der Waals surface area contributed by atoms with Gasteiger partial charge in [-0.05, 0) is 30.0 Å². The lowest BCUT2D eigenvalue weighted by Gasteiger charge is -2.29. The van der Waals surface area contributed by atoms with Crippen molar-refractivity contribution in [2.75, 3.05) is 29.9 Å². The van der Waals surface area contributed by atoms with Gasteiger partial charge in [0.05, 0.1) is 17.7 Å². The van der Waals surface area contributed by atoms with Gasteiger partial charge in [-0.15, -0.1) is 0 Å². The Labute approximate surface area is 183 Å². The topological polar surface area (TPSA) is 99.9 Å². The van der Waals surface area contributed by atoms with E-state index in [1.165, 1.54) is 18.3 Å². The standard InChI is InChI=1S/C23H31N5O3/c1-17(2)15-27(16-18(3)4)22-11-10-21(28(30)31)12-19(22)13-25-26-23(29)14-24-20-8-6-5-7-9-20/h5-13,17-18,24H,14-16H2,1-4H3,(H,26,29). The number of carbonyl (C=O) groups is 1. The van der Waals surface area contributed by atoms with Crippen LogP contribution in [0.2, 0.25) is 0 Å². The summed E-state index contributed by atoms with van der Waals surface area (Å²) in [7, 11) is 0. The van der Waals surface area contributed by atoms with Crippen molar-refractivity contribution >= 4 is 29.2 Å². The number of nitro benzene ring substituents is 1. The number of nitrogens with one attached hydrogen (secondary N) is 2. The van der Waals surface area contributed by atoms with Crippen LogP contribution in [-0.2, 0) is 4.79 Å². The number of para-hydroxylation sites is 1. The molecule has 0 fully saturated rings. The maximum Gasteiger partial charge on any atom is 0.270 e. The molecule has 2 rings (SSSR count). The smallest absolute Gasteiger partial charge is 0.270 e. The van der Waals surface area contributed by atoms with E-state index in [9.17, 15) is 14.9 Å². The summed E-state index contributed by atoms with van der Waals surface area (Å²) in [6.45, 7) is 10.2. The van der Waals surface area contributed by atoms with Crippen LogP contribution in [0.25, 0.3) is 0 Å². The summed E-state index contributed by atoms with van der Waals surface area (Å²) in [6, 6.07) is 14.1. The third-order valence-corrected chi connectivity index (χ3v) is 4.35. The quantitative estimate of drug-likeness (QED) is 0.318. The lowest BCUT2D eigenvalue weighted by Crippen LogP contribution is -2.32. The molecule has 1 amide bonds. The van der Waals surface area contributed by atoms with Crippen molar-refractivity contribution in [3.63, 3.8) is 0 Å². The molecule has 8 heteroatoms. The lowest BCUT2D eigenvalue weighted by molar-refractivity contribution is -0.384. The lowest BCUT2D eigenvalue weighted by atomic mass is 10.1. The fourth-order valence-electron chi connectivity index (χ4n) is 3.15. The SMILES string of the molecule is CC(C)CN(CC(C)C)c1ccc([N+](=O)[O-])cc1C=NNC(=O)CNc1ccccc1. The molecule has 0 bridgehead atoms. The molecular weight excluding hydrogens is 394 g/mol. The van der Waals surface area contributed by atoms with Crippen LogP contribution >= 0.6 is 0 Å². The van der Waals surface area contributed by atoms with E-state index < -0.39 is 4.92 Å². The first-order valence-corrected chi connectivity index (χ1v) is 10.4. The molecule has 0 unspecified atom stereocenters. The molecule has 31 heavy (non-hydrogen) atoms. The summed E-state index contributed by atoms with van der Waals surface area (Å²) >= 11 is 0. The zero-order valence-corrected chi connectivity index (χ0v) is 18.5. The van der Waals surface area contributed by atoms with E-state index in [1.807, 2.05) is 30.3 Å². The number of nitro groups is 1. The molecule has 0 radical (unpaired) electrons. The Hall–Kier alpha value is -3.42. The van der Waals surface area contributed by atoms with Gasteiger partial charge in [0.25, 0.3) is 11.6 Å². The number of anilines is 2. The Morgan fingerprint density at radius 3 is 2.32 bits per heavy atom. The summed E-state index contributed by atoms with van der Waals surface area (Å²) in [4.78, 5) is 25.1. The summed E-state index contributed by atoms with van der Waals surface area (Å²) in [5.74, 6) is 0.526. The number of nitrogens with zero attached hydrogens (tertiary/aromatic N) is 3.